The number of aromatic nitrogens is 6. The SMILES string of the molecule is NC(=O)c1nc([C@H](c2cn3ncc([C@H](NC(=O)CCC(F)(F)F)C4CC4)cc3n2)C2CCC(F)(F)CC2)nn1CC(F)F. The minimum atomic E-state index is -4.47. The summed E-state index contributed by atoms with van der Waals surface area (Å²) in [6.07, 6.45) is -5.52. The highest BCUT2D eigenvalue weighted by Crippen LogP contribution is 2.45. The number of imidazole rings is 1. The number of alkyl halides is 7. The first-order valence-corrected chi connectivity index (χ1v) is 13.8. The number of fused-ring (bicyclic) bond motifs is 1. The molecule has 0 radical (unpaired) electrons. The molecule has 3 aromatic heterocycles. The number of carbonyl (C=O) groups is 2. The molecule has 3 N–H and O–H groups in total. The average Bonchev–Trinajstić information content (AvgIpc) is 3.54. The smallest absolute Gasteiger partial charge is 0.363 e. The molecule has 2 fully saturated rings. The molecule has 10 nitrogen and oxygen atoms in total. The first-order chi connectivity index (χ1) is 20.2. The number of nitrogens with one attached hydrogen (secondary N) is 1. The van der Waals surface area contributed by atoms with Crippen molar-refractivity contribution < 1.29 is 40.3 Å². The van der Waals surface area contributed by atoms with Crippen LogP contribution in [0.3, 0.4) is 0 Å². The Kier molecular flexibility index (Phi) is 8.35. The van der Waals surface area contributed by atoms with Crippen LogP contribution in [-0.2, 0) is 11.3 Å². The highest BCUT2D eigenvalue weighted by atomic mass is 19.4. The van der Waals surface area contributed by atoms with Gasteiger partial charge in [-0.05, 0) is 49.1 Å². The largest absolute Gasteiger partial charge is 0.389 e. The van der Waals surface area contributed by atoms with Crippen molar-refractivity contribution in [3.8, 4) is 0 Å². The number of nitrogens with two attached hydrogens (primary N) is 1. The van der Waals surface area contributed by atoms with Gasteiger partial charge in [-0.2, -0.15) is 23.4 Å². The van der Waals surface area contributed by atoms with Crippen LogP contribution in [0.4, 0.5) is 30.7 Å². The predicted octanol–water partition coefficient (Wildman–Crippen LogP) is 4.55. The van der Waals surface area contributed by atoms with Crippen molar-refractivity contribution >= 4 is 17.5 Å². The Balaban J connectivity index is 1.47. The van der Waals surface area contributed by atoms with Crippen LogP contribution in [0.15, 0.2) is 18.5 Å². The van der Waals surface area contributed by atoms with Gasteiger partial charge in [-0.15, -0.1) is 0 Å². The van der Waals surface area contributed by atoms with E-state index in [9.17, 15) is 40.3 Å². The molecule has 43 heavy (non-hydrogen) atoms. The Morgan fingerprint density at radius 2 is 1.79 bits per heavy atom. The Bertz CT molecular complexity index is 1470. The third-order valence-electron chi connectivity index (χ3n) is 7.81. The van der Waals surface area contributed by atoms with Crippen LogP contribution < -0.4 is 11.1 Å². The number of nitrogens with zero attached hydrogens (tertiary/aromatic N) is 6. The third kappa shape index (κ3) is 7.41. The standard InChI is InChI=1S/C26H29F7N8O2/c27-17(28)12-41-24(22(34)43)38-23(39-41)20(13-3-6-25(29,30)7-4-13)16-11-40-18(36-16)9-15(10-35-40)21(14-1-2-14)37-19(42)5-8-26(31,32)33/h9-11,13-14,17,20-21H,1-8,12H2,(H2,34,43)(H,37,42)/t20-,21+/m0/s1. The maximum atomic E-state index is 14.0. The molecule has 0 aliphatic heterocycles. The van der Waals surface area contributed by atoms with Crippen LogP contribution in [0.25, 0.3) is 5.65 Å². The summed E-state index contributed by atoms with van der Waals surface area (Å²) in [5, 5.41) is 11.1. The molecule has 0 bridgehead atoms. The lowest BCUT2D eigenvalue weighted by atomic mass is 9.77. The molecule has 3 heterocycles. The van der Waals surface area contributed by atoms with Crippen LogP contribution >= 0.6 is 0 Å². The van der Waals surface area contributed by atoms with Crippen LogP contribution in [-0.4, -0.2) is 59.7 Å². The molecular weight excluding hydrogens is 589 g/mol. The van der Waals surface area contributed by atoms with E-state index in [1.165, 1.54) is 16.9 Å². The van der Waals surface area contributed by atoms with E-state index in [1.54, 1.807) is 6.07 Å². The van der Waals surface area contributed by atoms with Crippen molar-refractivity contribution in [3.63, 3.8) is 0 Å². The third-order valence-corrected chi connectivity index (χ3v) is 7.81. The highest BCUT2D eigenvalue weighted by Gasteiger charge is 2.41. The molecule has 0 saturated heterocycles. The highest BCUT2D eigenvalue weighted by molar-refractivity contribution is 5.89. The maximum absolute atomic E-state index is 14.0. The van der Waals surface area contributed by atoms with Gasteiger partial charge in [0.05, 0.1) is 36.5 Å². The Morgan fingerprint density at radius 1 is 1.09 bits per heavy atom. The van der Waals surface area contributed by atoms with Gasteiger partial charge in [-0.1, -0.05) is 0 Å². The summed E-state index contributed by atoms with van der Waals surface area (Å²) in [4.78, 5) is 33.0. The van der Waals surface area contributed by atoms with E-state index < -0.39 is 86.3 Å². The van der Waals surface area contributed by atoms with E-state index >= 15 is 0 Å². The van der Waals surface area contributed by atoms with Gasteiger partial charge >= 0.3 is 6.18 Å². The Hall–Kier alpha value is -3.79. The van der Waals surface area contributed by atoms with E-state index in [0.29, 0.717) is 15.9 Å². The quantitative estimate of drug-likeness (QED) is 0.303. The molecule has 2 saturated carbocycles. The summed E-state index contributed by atoms with van der Waals surface area (Å²) in [6.45, 7) is -0.950. The lowest BCUT2D eigenvalue weighted by Crippen LogP contribution is -2.30. The van der Waals surface area contributed by atoms with E-state index in [-0.39, 0.29) is 30.2 Å². The Morgan fingerprint density at radius 3 is 2.40 bits per heavy atom. The van der Waals surface area contributed by atoms with Gasteiger partial charge in [0.15, 0.2) is 11.5 Å². The number of carbonyl (C=O) groups excluding carboxylic acids is 2. The van der Waals surface area contributed by atoms with Gasteiger partial charge in [0.2, 0.25) is 17.7 Å². The van der Waals surface area contributed by atoms with Gasteiger partial charge < -0.3 is 11.1 Å². The average molecular weight is 619 g/mol. The van der Waals surface area contributed by atoms with Crippen molar-refractivity contribution in [1.29, 1.82) is 0 Å². The molecule has 2 amide bonds. The zero-order valence-electron chi connectivity index (χ0n) is 22.7. The molecule has 0 spiro atoms. The predicted molar refractivity (Wildman–Crippen MR) is 135 cm³/mol. The van der Waals surface area contributed by atoms with E-state index in [0.717, 1.165) is 12.8 Å². The van der Waals surface area contributed by atoms with E-state index in [2.05, 4.69) is 25.5 Å². The van der Waals surface area contributed by atoms with E-state index in [4.69, 9.17) is 5.73 Å². The minimum absolute atomic E-state index is 0.0143. The lowest BCUT2D eigenvalue weighted by molar-refractivity contribution is -0.144. The summed E-state index contributed by atoms with van der Waals surface area (Å²) < 4.78 is 94.3. The molecule has 3 aromatic rings. The van der Waals surface area contributed by atoms with Crippen LogP contribution in [0, 0.1) is 11.8 Å². The van der Waals surface area contributed by atoms with Crippen molar-refractivity contribution in [3.05, 3.63) is 41.4 Å². The molecule has 234 valence electrons. The first-order valence-electron chi connectivity index (χ1n) is 13.8. The molecule has 2 atom stereocenters. The molecule has 17 heteroatoms. The van der Waals surface area contributed by atoms with Crippen molar-refractivity contribution in [2.24, 2.45) is 17.6 Å². The second-order valence-corrected chi connectivity index (χ2v) is 11.2. The van der Waals surface area contributed by atoms with Gasteiger partial charge in [0, 0.05) is 19.3 Å². The van der Waals surface area contributed by atoms with Gasteiger partial charge in [0.25, 0.3) is 12.3 Å². The van der Waals surface area contributed by atoms with Gasteiger partial charge in [0.1, 0.15) is 6.54 Å². The Labute approximate surface area is 240 Å². The van der Waals surface area contributed by atoms with Crippen molar-refractivity contribution in [1.82, 2.24) is 34.7 Å². The fourth-order valence-corrected chi connectivity index (χ4v) is 5.55. The summed E-state index contributed by atoms with van der Waals surface area (Å²) in [5.74, 6) is -6.58. The second kappa shape index (κ2) is 11.7. The van der Waals surface area contributed by atoms with Crippen LogP contribution in [0.2, 0.25) is 0 Å². The van der Waals surface area contributed by atoms with Gasteiger partial charge in [-0.25, -0.2) is 36.7 Å². The van der Waals surface area contributed by atoms with Crippen LogP contribution in [0.5, 0.6) is 0 Å². The minimum Gasteiger partial charge on any atom is -0.363 e. The fourth-order valence-electron chi connectivity index (χ4n) is 5.55. The van der Waals surface area contributed by atoms with Crippen molar-refractivity contribution in [2.45, 2.75) is 88.4 Å². The molecule has 2 aliphatic rings. The molecule has 0 aromatic carbocycles. The zero-order valence-corrected chi connectivity index (χ0v) is 22.7. The normalized spacial score (nSPS) is 19.1. The molecular formula is C26H29F7N8O2. The molecule has 5 rings (SSSR count). The van der Waals surface area contributed by atoms with E-state index in [1.807, 2.05) is 0 Å². The number of rotatable bonds is 11. The number of amides is 2. The second-order valence-electron chi connectivity index (χ2n) is 11.2. The number of primary amides is 1. The zero-order chi connectivity index (χ0) is 31.1. The van der Waals surface area contributed by atoms with Gasteiger partial charge in [-0.3, -0.25) is 9.59 Å². The summed E-state index contributed by atoms with van der Waals surface area (Å²) in [6, 6.07) is 1.03. The number of halogens is 7. The maximum Gasteiger partial charge on any atom is 0.389 e. The molecule has 0 unspecified atom stereocenters. The monoisotopic (exact) mass is 618 g/mol. The first kappa shape index (κ1) is 30.7. The lowest BCUT2D eigenvalue weighted by Gasteiger charge is -2.31. The fraction of sp³-hybridized carbons (Fsp3) is 0.615. The summed E-state index contributed by atoms with van der Waals surface area (Å²) >= 11 is 0. The summed E-state index contributed by atoms with van der Waals surface area (Å²) in [5.41, 5.74) is 6.45. The van der Waals surface area contributed by atoms with Crippen LogP contribution in [0.1, 0.15) is 91.0 Å². The van der Waals surface area contributed by atoms with Crippen molar-refractivity contribution in [2.75, 3.05) is 0 Å². The summed E-state index contributed by atoms with van der Waals surface area (Å²) in [7, 11) is 0. The molecule has 2 aliphatic carbocycles. The topological polar surface area (TPSA) is 133 Å². The number of hydrogen-bond donors (Lipinski definition) is 2. The number of hydrogen-bond acceptors (Lipinski definition) is 6.